The first-order valence-electron chi connectivity index (χ1n) is 11.9. The van der Waals surface area contributed by atoms with Gasteiger partial charge in [0.15, 0.2) is 0 Å². The summed E-state index contributed by atoms with van der Waals surface area (Å²) in [6.07, 6.45) is 5.52. The van der Waals surface area contributed by atoms with Crippen molar-refractivity contribution >= 4 is 11.8 Å². The molecule has 0 saturated heterocycles. The van der Waals surface area contributed by atoms with Gasteiger partial charge in [-0.2, -0.15) is 0 Å². The molecule has 5 nitrogen and oxygen atoms in total. The van der Waals surface area contributed by atoms with Crippen molar-refractivity contribution in [2.24, 2.45) is 0 Å². The van der Waals surface area contributed by atoms with Gasteiger partial charge in [0, 0.05) is 18.3 Å². The second-order valence-electron chi connectivity index (χ2n) is 9.40. The molecule has 172 valence electrons. The van der Waals surface area contributed by atoms with E-state index in [9.17, 15) is 9.59 Å². The van der Waals surface area contributed by atoms with Crippen LogP contribution in [0.25, 0.3) is 11.3 Å². The van der Waals surface area contributed by atoms with Gasteiger partial charge in [-0.25, -0.2) is 0 Å². The van der Waals surface area contributed by atoms with Crippen molar-refractivity contribution in [2.75, 3.05) is 0 Å². The van der Waals surface area contributed by atoms with Crippen molar-refractivity contribution in [3.63, 3.8) is 0 Å². The van der Waals surface area contributed by atoms with Gasteiger partial charge in [0.05, 0.1) is 0 Å². The number of amides is 2. The number of nitrogens with zero attached hydrogens (tertiary/aromatic N) is 1. The molecule has 2 amide bonds. The van der Waals surface area contributed by atoms with Gasteiger partial charge in [-0.1, -0.05) is 79.9 Å². The van der Waals surface area contributed by atoms with Crippen LogP contribution in [0, 0.1) is 0 Å². The molecule has 0 atom stereocenters. The smallest absolute Gasteiger partial charge is 0.271 e. The number of H-pyrrole nitrogens is 1. The van der Waals surface area contributed by atoms with Crippen LogP contribution in [0.4, 0.5) is 0 Å². The maximum Gasteiger partial charge on any atom is 0.271 e. The summed E-state index contributed by atoms with van der Waals surface area (Å²) in [7, 11) is 0. The van der Waals surface area contributed by atoms with E-state index in [1.807, 2.05) is 80.6 Å². The summed E-state index contributed by atoms with van der Waals surface area (Å²) in [5.74, 6) is -0.293. The second-order valence-corrected chi connectivity index (χ2v) is 9.40. The minimum atomic E-state index is -1.01. The molecule has 1 aromatic heterocycles. The first-order chi connectivity index (χ1) is 15.9. The molecule has 5 heteroatoms. The van der Waals surface area contributed by atoms with Crippen LogP contribution in [0.3, 0.4) is 0 Å². The van der Waals surface area contributed by atoms with Crippen LogP contribution in [-0.2, 0) is 11.3 Å². The summed E-state index contributed by atoms with van der Waals surface area (Å²) < 4.78 is 0. The summed E-state index contributed by atoms with van der Waals surface area (Å²) >= 11 is 0. The summed E-state index contributed by atoms with van der Waals surface area (Å²) in [6, 6.07) is 23.7. The van der Waals surface area contributed by atoms with Gasteiger partial charge < -0.3 is 15.2 Å². The molecule has 2 N–H and O–H groups in total. The SMILES string of the molecule is CC(C)(C(=O)NC1CCCCC1)N(Cc1ccccc1)C(=O)c1ccc(-c2ccccc2)[nH]1. The number of aromatic amines is 1. The van der Waals surface area contributed by atoms with Gasteiger partial charge in [0.25, 0.3) is 5.91 Å². The second kappa shape index (κ2) is 10.1. The lowest BCUT2D eigenvalue weighted by Gasteiger charge is -2.38. The molecule has 33 heavy (non-hydrogen) atoms. The van der Waals surface area contributed by atoms with Crippen LogP contribution in [0.15, 0.2) is 72.8 Å². The predicted octanol–water partition coefficient (Wildman–Crippen LogP) is 5.55. The largest absolute Gasteiger partial charge is 0.351 e. The highest BCUT2D eigenvalue weighted by Gasteiger charge is 2.39. The zero-order chi connectivity index (χ0) is 23.3. The molecule has 1 aliphatic carbocycles. The number of benzene rings is 2. The average molecular weight is 444 g/mol. The van der Waals surface area contributed by atoms with E-state index in [1.165, 1.54) is 6.42 Å². The molecule has 4 rings (SSSR count). The molecule has 1 heterocycles. The van der Waals surface area contributed by atoms with E-state index < -0.39 is 5.54 Å². The van der Waals surface area contributed by atoms with E-state index in [4.69, 9.17) is 0 Å². The Hall–Kier alpha value is -3.34. The van der Waals surface area contributed by atoms with Crippen LogP contribution >= 0.6 is 0 Å². The lowest BCUT2D eigenvalue weighted by atomic mass is 9.93. The van der Waals surface area contributed by atoms with Crippen molar-refractivity contribution < 1.29 is 9.59 Å². The number of rotatable bonds is 7. The molecule has 0 radical (unpaired) electrons. The first-order valence-corrected chi connectivity index (χ1v) is 11.9. The molecule has 1 fully saturated rings. The van der Waals surface area contributed by atoms with E-state index in [1.54, 1.807) is 11.0 Å². The maximum absolute atomic E-state index is 13.8. The van der Waals surface area contributed by atoms with Crippen LogP contribution in [-0.4, -0.2) is 33.3 Å². The topological polar surface area (TPSA) is 65.2 Å². The highest BCUT2D eigenvalue weighted by atomic mass is 16.2. The summed E-state index contributed by atoms with van der Waals surface area (Å²) in [6.45, 7) is 4.03. The van der Waals surface area contributed by atoms with Gasteiger partial charge in [0.2, 0.25) is 5.91 Å². The minimum Gasteiger partial charge on any atom is -0.351 e. The number of hydrogen-bond donors (Lipinski definition) is 2. The number of nitrogens with one attached hydrogen (secondary N) is 2. The number of hydrogen-bond acceptors (Lipinski definition) is 2. The van der Waals surface area contributed by atoms with Crippen LogP contribution in [0.5, 0.6) is 0 Å². The fraction of sp³-hybridized carbons (Fsp3) is 0.357. The molecular formula is C28H33N3O2. The lowest BCUT2D eigenvalue weighted by molar-refractivity contribution is -0.131. The number of aromatic nitrogens is 1. The highest BCUT2D eigenvalue weighted by molar-refractivity contribution is 5.98. The van der Waals surface area contributed by atoms with Crippen molar-refractivity contribution in [1.82, 2.24) is 15.2 Å². The van der Waals surface area contributed by atoms with Crippen LogP contribution < -0.4 is 5.32 Å². The molecule has 1 aliphatic rings. The standard InChI is InChI=1S/C28H33N3O2/c1-28(2,27(33)29-23-16-10-5-11-17-23)31(20-21-12-6-3-7-13-21)26(32)25-19-18-24(30-25)22-14-8-4-9-15-22/h3-4,6-9,12-15,18-19,23,30H,5,10-11,16-17,20H2,1-2H3,(H,29,33). The van der Waals surface area contributed by atoms with E-state index in [0.29, 0.717) is 12.2 Å². The van der Waals surface area contributed by atoms with Crippen LogP contribution in [0.2, 0.25) is 0 Å². The van der Waals surface area contributed by atoms with E-state index in [-0.39, 0.29) is 17.9 Å². The minimum absolute atomic E-state index is 0.103. The third kappa shape index (κ3) is 5.36. The van der Waals surface area contributed by atoms with Crippen molar-refractivity contribution in [3.8, 4) is 11.3 Å². The molecule has 2 aromatic carbocycles. The zero-order valence-corrected chi connectivity index (χ0v) is 19.5. The average Bonchev–Trinajstić information content (AvgIpc) is 3.34. The maximum atomic E-state index is 13.8. The molecule has 1 saturated carbocycles. The Morgan fingerprint density at radius 2 is 1.55 bits per heavy atom. The third-order valence-corrected chi connectivity index (χ3v) is 6.60. The molecule has 0 bridgehead atoms. The molecule has 0 spiro atoms. The van der Waals surface area contributed by atoms with Gasteiger partial charge in [-0.3, -0.25) is 9.59 Å². The lowest BCUT2D eigenvalue weighted by Crippen LogP contribution is -2.58. The molecule has 0 aliphatic heterocycles. The molecular weight excluding hydrogens is 410 g/mol. The van der Waals surface area contributed by atoms with Gasteiger partial charge in [-0.05, 0) is 49.9 Å². The Morgan fingerprint density at radius 1 is 0.909 bits per heavy atom. The Balaban J connectivity index is 1.60. The quantitative estimate of drug-likeness (QED) is 0.503. The molecule has 0 unspecified atom stereocenters. The van der Waals surface area contributed by atoms with Crippen molar-refractivity contribution in [1.29, 1.82) is 0 Å². The Bertz CT molecular complexity index is 1070. The number of carbonyl (C=O) groups is 2. The summed E-state index contributed by atoms with van der Waals surface area (Å²) in [4.78, 5) is 32.1. The summed E-state index contributed by atoms with van der Waals surface area (Å²) in [5.41, 5.74) is 2.34. The van der Waals surface area contributed by atoms with Crippen molar-refractivity contribution in [2.45, 2.75) is 64.1 Å². The van der Waals surface area contributed by atoms with Gasteiger partial charge in [-0.15, -0.1) is 0 Å². The van der Waals surface area contributed by atoms with E-state index >= 15 is 0 Å². The molecule has 3 aromatic rings. The fourth-order valence-electron chi connectivity index (χ4n) is 4.47. The van der Waals surface area contributed by atoms with Gasteiger partial charge in [0.1, 0.15) is 11.2 Å². The highest BCUT2D eigenvalue weighted by Crippen LogP contribution is 2.25. The fourth-order valence-corrected chi connectivity index (χ4v) is 4.47. The zero-order valence-electron chi connectivity index (χ0n) is 19.5. The number of carbonyl (C=O) groups excluding carboxylic acids is 2. The van der Waals surface area contributed by atoms with E-state index in [0.717, 1.165) is 42.5 Å². The normalized spacial score (nSPS) is 14.6. The monoisotopic (exact) mass is 443 g/mol. The first kappa shape index (κ1) is 22.8. The van der Waals surface area contributed by atoms with Crippen LogP contribution in [0.1, 0.15) is 62.0 Å². The summed E-state index contributed by atoms with van der Waals surface area (Å²) in [5, 5.41) is 3.22. The van der Waals surface area contributed by atoms with Crippen molar-refractivity contribution in [3.05, 3.63) is 84.1 Å². The predicted molar refractivity (Wildman–Crippen MR) is 132 cm³/mol. The Labute approximate surface area is 196 Å². The Morgan fingerprint density at radius 3 is 2.21 bits per heavy atom. The van der Waals surface area contributed by atoms with Gasteiger partial charge >= 0.3 is 0 Å². The van der Waals surface area contributed by atoms with E-state index in [2.05, 4.69) is 10.3 Å². The third-order valence-electron chi connectivity index (χ3n) is 6.60. The Kier molecular flexibility index (Phi) is 6.97.